The minimum Gasteiger partial charge on any atom is -0.337 e. The third kappa shape index (κ3) is 5.88. The molecule has 8 heteroatoms. The summed E-state index contributed by atoms with van der Waals surface area (Å²) in [7, 11) is 0. The number of anilines is 1. The van der Waals surface area contributed by atoms with Gasteiger partial charge in [-0.15, -0.1) is 0 Å². The number of pyridine rings is 1. The molecule has 2 aliphatic rings. The highest BCUT2D eigenvalue weighted by atomic mass is 16.2. The fraction of sp³-hybridized carbons (Fsp3) is 0.542. The SMILES string of the molecule is Cc1cc(NC(=O)NCCN2CCN(C(=O)NC3CCCCC3)CC2)c2ccccc2n1. The molecule has 4 amide bonds. The molecule has 32 heavy (non-hydrogen) atoms. The quantitative estimate of drug-likeness (QED) is 0.668. The lowest BCUT2D eigenvalue weighted by Crippen LogP contribution is -2.54. The van der Waals surface area contributed by atoms with Gasteiger partial charge in [-0.05, 0) is 31.9 Å². The lowest BCUT2D eigenvalue weighted by atomic mass is 9.96. The standard InChI is InChI=1S/C24H34N6O2/c1-18-17-22(20-9-5-6-10-21(20)26-18)28-23(31)25-11-12-29-13-15-30(16-14-29)24(32)27-19-7-3-2-4-8-19/h5-6,9-10,17,19H,2-4,7-8,11-16H2,1H3,(H,27,32)(H2,25,26,28,31). The number of benzene rings is 1. The van der Waals surface area contributed by atoms with Gasteiger partial charge < -0.3 is 20.9 Å². The van der Waals surface area contributed by atoms with Crippen molar-refractivity contribution in [1.82, 2.24) is 25.4 Å². The summed E-state index contributed by atoms with van der Waals surface area (Å²) in [6.07, 6.45) is 5.94. The molecule has 1 aliphatic heterocycles. The normalized spacial score (nSPS) is 17.8. The van der Waals surface area contributed by atoms with Crippen molar-refractivity contribution in [3.63, 3.8) is 0 Å². The Morgan fingerprint density at radius 1 is 1.06 bits per heavy atom. The molecule has 1 saturated heterocycles. The Hall–Kier alpha value is -2.87. The van der Waals surface area contributed by atoms with Crippen LogP contribution in [0.15, 0.2) is 30.3 Å². The van der Waals surface area contributed by atoms with Crippen LogP contribution in [-0.4, -0.2) is 72.2 Å². The van der Waals surface area contributed by atoms with E-state index in [4.69, 9.17) is 0 Å². The average molecular weight is 439 g/mol. The van der Waals surface area contributed by atoms with Gasteiger partial charge in [-0.3, -0.25) is 9.88 Å². The van der Waals surface area contributed by atoms with Gasteiger partial charge in [0.2, 0.25) is 0 Å². The molecule has 3 N–H and O–H groups in total. The van der Waals surface area contributed by atoms with Gasteiger partial charge in [0.05, 0.1) is 11.2 Å². The van der Waals surface area contributed by atoms with Crippen molar-refractivity contribution in [2.45, 2.75) is 45.1 Å². The van der Waals surface area contributed by atoms with E-state index in [9.17, 15) is 9.59 Å². The molecular formula is C24H34N6O2. The summed E-state index contributed by atoms with van der Waals surface area (Å²) in [6.45, 7) is 6.36. The average Bonchev–Trinajstić information content (AvgIpc) is 2.80. The molecule has 1 aliphatic carbocycles. The number of aryl methyl sites for hydroxylation is 1. The predicted octanol–water partition coefficient (Wildman–Crippen LogP) is 3.32. The highest BCUT2D eigenvalue weighted by Gasteiger charge is 2.23. The van der Waals surface area contributed by atoms with E-state index < -0.39 is 0 Å². The Morgan fingerprint density at radius 3 is 2.59 bits per heavy atom. The number of aromatic nitrogens is 1. The summed E-state index contributed by atoms with van der Waals surface area (Å²) in [6, 6.07) is 9.88. The Bertz CT molecular complexity index is 935. The molecule has 0 spiro atoms. The van der Waals surface area contributed by atoms with E-state index in [1.807, 2.05) is 42.2 Å². The van der Waals surface area contributed by atoms with Crippen molar-refractivity contribution >= 4 is 28.7 Å². The molecule has 1 aromatic carbocycles. The third-order valence-electron chi connectivity index (χ3n) is 6.40. The lowest BCUT2D eigenvalue weighted by molar-refractivity contribution is 0.136. The third-order valence-corrected chi connectivity index (χ3v) is 6.40. The number of carbonyl (C=O) groups is 2. The first-order chi connectivity index (χ1) is 15.6. The zero-order valence-electron chi connectivity index (χ0n) is 18.9. The number of carbonyl (C=O) groups excluding carboxylic acids is 2. The van der Waals surface area contributed by atoms with Crippen LogP contribution < -0.4 is 16.0 Å². The second-order valence-corrected chi connectivity index (χ2v) is 8.82. The van der Waals surface area contributed by atoms with Gasteiger partial charge in [0.15, 0.2) is 0 Å². The molecule has 1 saturated carbocycles. The molecule has 2 fully saturated rings. The van der Waals surface area contributed by atoms with Crippen molar-refractivity contribution < 1.29 is 9.59 Å². The van der Waals surface area contributed by atoms with Crippen molar-refractivity contribution in [3.8, 4) is 0 Å². The summed E-state index contributed by atoms with van der Waals surface area (Å²) in [5.41, 5.74) is 2.50. The van der Waals surface area contributed by atoms with Gasteiger partial charge in [0.25, 0.3) is 0 Å². The number of para-hydroxylation sites is 1. The fourth-order valence-corrected chi connectivity index (χ4v) is 4.59. The summed E-state index contributed by atoms with van der Waals surface area (Å²) >= 11 is 0. The van der Waals surface area contributed by atoms with Crippen LogP contribution in [0.2, 0.25) is 0 Å². The monoisotopic (exact) mass is 438 g/mol. The molecular weight excluding hydrogens is 404 g/mol. The van der Waals surface area contributed by atoms with Gasteiger partial charge in [0, 0.05) is 56.4 Å². The van der Waals surface area contributed by atoms with Crippen LogP contribution in [0.4, 0.5) is 15.3 Å². The second-order valence-electron chi connectivity index (χ2n) is 8.82. The van der Waals surface area contributed by atoms with Gasteiger partial charge in [-0.25, -0.2) is 9.59 Å². The zero-order valence-corrected chi connectivity index (χ0v) is 18.9. The molecule has 0 radical (unpaired) electrons. The zero-order chi connectivity index (χ0) is 22.3. The van der Waals surface area contributed by atoms with Gasteiger partial charge in [-0.1, -0.05) is 37.5 Å². The maximum absolute atomic E-state index is 12.5. The number of urea groups is 2. The van der Waals surface area contributed by atoms with E-state index in [0.717, 1.165) is 67.8 Å². The highest BCUT2D eigenvalue weighted by Crippen LogP contribution is 2.22. The van der Waals surface area contributed by atoms with E-state index in [0.29, 0.717) is 12.6 Å². The highest BCUT2D eigenvalue weighted by molar-refractivity contribution is 6.00. The van der Waals surface area contributed by atoms with Crippen LogP contribution in [0.1, 0.15) is 37.8 Å². The van der Waals surface area contributed by atoms with E-state index >= 15 is 0 Å². The van der Waals surface area contributed by atoms with Crippen LogP contribution in [-0.2, 0) is 0 Å². The first kappa shape index (κ1) is 22.3. The number of nitrogens with one attached hydrogen (secondary N) is 3. The largest absolute Gasteiger partial charge is 0.337 e. The number of hydrogen-bond donors (Lipinski definition) is 3. The summed E-state index contributed by atoms with van der Waals surface area (Å²) in [4.78, 5) is 33.6. The van der Waals surface area contributed by atoms with Crippen molar-refractivity contribution in [2.24, 2.45) is 0 Å². The number of rotatable bonds is 5. The summed E-state index contributed by atoms with van der Waals surface area (Å²) < 4.78 is 0. The van der Waals surface area contributed by atoms with Crippen LogP contribution in [0.25, 0.3) is 10.9 Å². The van der Waals surface area contributed by atoms with Crippen LogP contribution >= 0.6 is 0 Å². The molecule has 1 aromatic heterocycles. The van der Waals surface area contributed by atoms with Crippen molar-refractivity contribution in [2.75, 3.05) is 44.6 Å². The van der Waals surface area contributed by atoms with Crippen LogP contribution in [0.3, 0.4) is 0 Å². The number of fused-ring (bicyclic) bond motifs is 1. The van der Waals surface area contributed by atoms with E-state index in [-0.39, 0.29) is 12.1 Å². The maximum Gasteiger partial charge on any atom is 0.319 e. The Morgan fingerprint density at radius 2 is 1.81 bits per heavy atom. The minimum absolute atomic E-state index is 0.0777. The number of amides is 4. The predicted molar refractivity (Wildman–Crippen MR) is 127 cm³/mol. The Labute approximate surface area is 189 Å². The van der Waals surface area contributed by atoms with Crippen LogP contribution in [0, 0.1) is 6.92 Å². The summed E-state index contributed by atoms with van der Waals surface area (Å²) in [5, 5.41) is 10.0. The number of piperazine rings is 1. The molecule has 0 atom stereocenters. The molecule has 2 heterocycles. The first-order valence-corrected chi connectivity index (χ1v) is 11.8. The Kier molecular flexibility index (Phi) is 7.42. The maximum atomic E-state index is 12.5. The van der Waals surface area contributed by atoms with Gasteiger partial charge >= 0.3 is 12.1 Å². The van der Waals surface area contributed by atoms with Gasteiger partial charge in [0.1, 0.15) is 0 Å². The number of hydrogen-bond acceptors (Lipinski definition) is 4. The topological polar surface area (TPSA) is 89.6 Å². The molecule has 172 valence electrons. The molecule has 2 aromatic rings. The molecule has 0 bridgehead atoms. The smallest absolute Gasteiger partial charge is 0.319 e. The van der Waals surface area contributed by atoms with Crippen LogP contribution in [0.5, 0.6) is 0 Å². The lowest BCUT2D eigenvalue weighted by Gasteiger charge is -2.36. The van der Waals surface area contributed by atoms with Crippen molar-refractivity contribution in [1.29, 1.82) is 0 Å². The fourth-order valence-electron chi connectivity index (χ4n) is 4.59. The van der Waals surface area contributed by atoms with Crippen molar-refractivity contribution in [3.05, 3.63) is 36.0 Å². The molecule has 8 nitrogen and oxygen atoms in total. The van der Waals surface area contributed by atoms with E-state index in [1.165, 1.54) is 19.3 Å². The second kappa shape index (κ2) is 10.6. The summed E-state index contributed by atoms with van der Waals surface area (Å²) in [5.74, 6) is 0. The molecule has 4 rings (SSSR count). The Balaban J connectivity index is 1.17. The minimum atomic E-state index is -0.216. The number of nitrogens with zero attached hydrogens (tertiary/aromatic N) is 3. The van der Waals surface area contributed by atoms with Gasteiger partial charge in [-0.2, -0.15) is 0 Å². The first-order valence-electron chi connectivity index (χ1n) is 11.8. The van der Waals surface area contributed by atoms with E-state index in [2.05, 4.69) is 25.8 Å². The van der Waals surface area contributed by atoms with E-state index in [1.54, 1.807) is 0 Å². The molecule has 0 unspecified atom stereocenters.